The number of rotatable bonds is 3. The Bertz CT molecular complexity index is 314. The average Bonchev–Trinajstić information content (AvgIpc) is 2.77. The summed E-state index contributed by atoms with van der Waals surface area (Å²) < 4.78 is -1.46. The number of aromatic nitrogens is 2. The summed E-state index contributed by atoms with van der Waals surface area (Å²) in [6, 6.07) is 0.662. The lowest BCUT2D eigenvalue weighted by Crippen LogP contribution is -2.15. The highest BCUT2D eigenvalue weighted by Crippen LogP contribution is 2.35. The predicted octanol–water partition coefficient (Wildman–Crippen LogP) is 2.49. The predicted molar refractivity (Wildman–Crippen MR) is 57.7 cm³/mol. The third-order valence-electron chi connectivity index (χ3n) is 2.06. The Morgan fingerprint density at radius 3 is 2.71 bits per heavy atom. The summed E-state index contributed by atoms with van der Waals surface area (Å²) in [7, 11) is 0. The second-order valence-electron chi connectivity index (χ2n) is 3.41. The number of imidazole rings is 1. The third kappa shape index (κ3) is 2.76. The SMILES string of the molecule is ClC(Cl)(Cl)c1ncc(CNC2CC2)[nH]1. The van der Waals surface area contributed by atoms with Crippen LogP contribution in [0.25, 0.3) is 0 Å². The zero-order valence-electron chi connectivity index (χ0n) is 7.36. The Hall–Kier alpha value is 0.0400. The van der Waals surface area contributed by atoms with Gasteiger partial charge in [-0.2, -0.15) is 0 Å². The van der Waals surface area contributed by atoms with Crippen molar-refractivity contribution in [3.05, 3.63) is 17.7 Å². The highest BCUT2D eigenvalue weighted by molar-refractivity contribution is 6.66. The van der Waals surface area contributed by atoms with Crippen molar-refractivity contribution in [2.45, 2.75) is 29.2 Å². The van der Waals surface area contributed by atoms with E-state index in [0.717, 1.165) is 12.2 Å². The second kappa shape index (κ2) is 3.89. The summed E-state index contributed by atoms with van der Waals surface area (Å²) in [5, 5.41) is 3.34. The van der Waals surface area contributed by atoms with Gasteiger partial charge in [0.1, 0.15) is 0 Å². The monoisotopic (exact) mass is 253 g/mol. The molecule has 78 valence electrons. The van der Waals surface area contributed by atoms with Crippen molar-refractivity contribution in [1.29, 1.82) is 0 Å². The van der Waals surface area contributed by atoms with Gasteiger partial charge in [-0.25, -0.2) is 4.98 Å². The first-order chi connectivity index (χ1) is 6.55. The molecule has 0 amide bonds. The summed E-state index contributed by atoms with van der Waals surface area (Å²) in [4.78, 5) is 6.96. The molecule has 0 saturated heterocycles. The Morgan fingerprint density at radius 2 is 2.21 bits per heavy atom. The first-order valence-corrected chi connectivity index (χ1v) is 5.53. The van der Waals surface area contributed by atoms with Crippen LogP contribution in [0, 0.1) is 0 Å². The van der Waals surface area contributed by atoms with Crippen LogP contribution < -0.4 is 5.32 Å². The van der Waals surface area contributed by atoms with Crippen LogP contribution in [0.3, 0.4) is 0 Å². The quantitative estimate of drug-likeness (QED) is 0.814. The van der Waals surface area contributed by atoms with Gasteiger partial charge in [0.2, 0.25) is 3.79 Å². The average molecular weight is 255 g/mol. The fourth-order valence-electron chi connectivity index (χ4n) is 1.13. The van der Waals surface area contributed by atoms with Gasteiger partial charge in [-0.3, -0.25) is 0 Å². The van der Waals surface area contributed by atoms with Gasteiger partial charge < -0.3 is 10.3 Å². The number of hydrogen-bond donors (Lipinski definition) is 2. The van der Waals surface area contributed by atoms with Crippen LogP contribution in [0.1, 0.15) is 24.4 Å². The molecule has 1 heterocycles. The molecule has 1 aromatic heterocycles. The Morgan fingerprint density at radius 1 is 1.50 bits per heavy atom. The zero-order chi connectivity index (χ0) is 10.2. The summed E-state index contributed by atoms with van der Waals surface area (Å²) in [6.45, 7) is 0.748. The molecule has 1 aliphatic carbocycles. The molecule has 0 spiro atoms. The van der Waals surface area contributed by atoms with E-state index in [1.165, 1.54) is 12.8 Å². The van der Waals surface area contributed by atoms with Crippen LogP contribution in [0.2, 0.25) is 0 Å². The van der Waals surface area contributed by atoms with Gasteiger partial charge in [-0.05, 0) is 12.8 Å². The first kappa shape index (κ1) is 10.6. The van der Waals surface area contributed by atoms with Crippen LogP contribution in [0.4, 0.5) is 0 Å². The molecule has 3 nitrogen and oxygen atoms in total. The molecule has 0 radical (unpaired) electrons. The van der Waals surface area contributed by atoms with Gasteiger partial charge >= 0.3 is 0 Å². The van der Waals surface area contributed by atoms with E-state index in [1.54, 1.807) is 6.20 Å². The second-order valence-corrected chi connectivity index (χ2v) is 5.69. The molecule has 0 unspecified atom stereocenters. The van der Waals surface area contributed by atoms with Gasteiger partial charge in [0.05, 0.1) is 0 Å². The smallest absolute Gasteiger partial charge is 0.248 e. The molecule has 0 aliphatic heterocycles. The standard InChI is InChI=1S/C8H10Cl3N3/c9-8(10,11)7-13-4-6(14-7)3-12-5-1-2-5/h4-5,12H,1-3H2,(H,13,14). The van der Waals surface area contributed by atoms with E-state index >= 15 is 0 Å². The number of H-pyrrole nitrogens is 1. The van der Waals surface area contributed by atoms with Crippen molar-refractivity contribution in [3.63, 3.8) is 0 Å². The maximum atomic E-state index is 5.66. The van der Waals surface area contributed by atoms with Gasteiger partial charge in [0.25, 0.3) is 0 Å². The van der Waals surface area contributed by atoms with Crippen LogP contribution in [0.5, 0.6) is 0 Å². The molecule has 1 saturated carbocycles. The maximum Gasteiger partial charge on any atom is 0.248 e. The minimum Gasteiger partial charge on any atom is -0.341 e. The van der Waals surface area contributed by atoms with E-state index in [9.17, 15) is 0 Å². The molecule has 1 fully saturated rings. The molecule has 14 heavy (non-hydrogen) atoms. The van der Waals surface area contributed by atoms with Crippen molar-refractivity contribution >= 4 is 34.8 Å². The van der Waals surface area contributed by atoms with Gasteiger partial charge in [-0.15, -0.1) is 0 Å². The zero-order valence-corrected chi connectivity index (χ0v) is 9.62. The molecular weight excluding hydrogens is 244 g/mol. The van der Waals surface area contributed by atoms with Crippen molar-refractivity contribution in [3.8, 4) is 0 Å². The number of hydrogen-bond acceptors (Lipinski definition) is 2. The number of halogens is 3. The fraction of sp³-hybridized carbons (Fsp3) is 0.625. The lowest BCUT2D eigenvalue weighted by Gasteiger charge is -2.05. The largest absolute Gasteiger partial charge is 0.341 e. The highest BCUT2D eigenvalue weighted by Gasteiger charge is 2.27. The number of nitrogens with zero attached hydrogens (tertiary/aromatic N) is 1. The number of alkyl halides is 3. The first-order valence-electron chi connectivity index (χ1n) is 4.40. The number of nitrogens with one attached hydrogen (secondary N) is 2. The molecule has 0 aromatic carbocycles. The van der Waals surface area contributed by atoms with Gasteiger partial charge in [-0.1, -0.05) is 34.8 Å². The molecule has 1 aromatic rings. The van der Waals surface area contributed by atoms with E-state index < -0.39 is 3.79 Å². The van der Waals surface area contributed by atoms with Crippen molar-refractivity contribution < 1.29 is 0 Å². The minimum absolute atomic E-state index is 0.370. The molecule has 1 aliphatic rings. The van der Waals surface area contributed by atoms with Crippen molar-refractivity contribution in [2.24, 2.45) is 0 Å². The van der Waals surface area contributed by atoms with Crippen molar-refractivity contribution in [1.82, 2.24) is 15.3 Å². The summed E-state index contributed by atoms with van der Waals surface area (Å²) in [5.41, 5.74) is 0.943. The van der Waals surface area contributed by atoms with Crippen LogP contribution in [0.15, 0.2) is 6.20 Å². The van der Waals surface area contributed by atoms with E-state index in [2.05, 4.69) is 15.3 Å². The summed E-state index contributed by atoms with van der Waals surface area (Å²) in [5.74, 6) is 0.370. The maximum absolute atomic E-state index is 5.66. The lowest BCUT2D eigenvalue weighted by molar-refractivity contribution is 0.676. The normalized spacial score (nSPS) is 17.4. The minimum atomic E-state index is -1.46. The molecule has 0 bridgehead atoms. The van der Waals surface area contributed by atoms with E-state index in [4.69, 9.17) is 34.8 Å². The number of aromatic amines is 1. The van der Waals surface area contributed by atoms with Crippen molar-refractivity contribution in [2.75, 3.05) is 0 Å². The fourth-order valence-corrected chi connectivity index (χ4v) is 1.42. The molecule has 6 heteroatoms. The molecule has 2 N–H and O–H groups in total. The van der Waals surface area contributed by atoms with Crippen LogP contribution in [-0.4, -0.2) is 16.0 Å². The Labute approximate surface area is 97.1 Å². The Kier molecular flexibility index (Phi) is 2.93. The summed E-state index contributed by atoms with van der Waals surface area (Å²) in [6.07, 6.45) is 4.20. The van der Waals surface area contributed by atoms with Gasteiger partial charge in [0.15, 0.2) is 5.82 Å². The summed E-state index contributed by atoms with van der Waals surface area (Å²) >= 11 is 17.0. The van der Waals surface area contributed by atoms with Crippen LogP contribution in [-0.2, 0) is 10.3 Å². The third-order valence-corrected chi connectivity index (χ3v) is 2.59. The topological polar surface area (TPSA) is 40.7 Å². The van der Waals surface area contributed by atoms with E-state index in [-0.39, 0.29) is 0 Å². The van der Waals surface area contributed by atoms with E-state index in [1.807, 2.05) is 0 Å². The lowest BCUT2D eigenvalue weighted by atomic mass is 10.4. The highest BCUT2D eigenvalue weighted by atomic mass is 35.6. The van der Waals surface area contributed by atoms with E-state index in [0.29, 0.717) is 11.9 Å². The molecule has 0 atom stereocenters. The molecule has 2 rings (SSSR count). The van der Waals surface area contributed by atoms with Crippen LogP contribution >= 0.6 is 34.8 Å². The Balaban J connectivity index is 1.94. The molecular formula is C8H10Cl3N3. The van der Waals surface area contributed by atoms with Gasteiger partial charge in [0, 0.05) is 24.5 Å².